The molecule has 1 N–H and O–H groups in total. The van der Waals surface area contributed by atoms with Crippen LogP contribution in [-0.4, -0.2) is 58.9 Å². The lowest BCUT2D eigenvalue weighted by Gasteiger charge is -2.33. The van der Waals surface area contributed by atoms with E-state index in [4.69, 9.17) is 0 Å². The molecule has 0 spiro atoms. The Balaban J connectivity index is 1.91. The van der Waals surface area contributed by atoms with Crippen molar-refractivity contribution in [2.75, 3.05) is 24.7 Å². The Morgan fingerprint density at radius 3 is 2.72 bits per heavy atom. The lowest BCUT2D eigenvalue weighted by molar-refractivity contribution is 0.186. The van der Waals surface area contributed by atoms with Crippen molar-refractivity contribution in [3.63, 3.8) is 0 Å². The third-order valence-electron chi connectivity index (χ3n) is 5.24. The average molecular weight is 423 g/mol. The lowest BCUT2D eigenvalue weighted by Crippen LogP contribution is -2.49. The number of aryl methyl sites for hydroxylation is 1. The van der Waals surface area contributed by atoms with Crippen LogP contribution in [0.4, 0.5) is 10.3 Å². The summed E-state index contributed by atoms with van der Waals surface area (Å²) in [5.74, 6) is 0.608. The molecule has 2 aromatic rings. The van der Waals surface area contributed by atoms with Crippen molar-refractivity contribution in [1.82, 2.24) is 18.9 Å². The van der Waals surface area contributed by atoms with Crippen LogP contribution in [0.3, 0.4) is 0 Å². The van der Waals surface area contributed by atoms with Crippen LogP contribution >= 0.6 is 0 Å². The Hall–Kier alpha value is -2.25. The number of hydrogen-bond donors (Lipinski definition) is 1. The van der Waals surface area contributed by atoms with Gasteiger partial charge < -0.3 is 5.32 Å². The van der Waals surface area contributed by atoms with Crippen molar-refractivity contribution in [3.05, 3.63) is 23.0 Å². The molecule has 1 saturated heterocycles. The third kappa shape index (κ3) is 4.36. The highest BCUT2D eigenvalue weighted by Crippen LogP contribution is 2.26. The molecule has 3 rings (SSSR count). The zero-order valence-electron chi connectivity index (χ0n) is 17.2. The third-order valence-corrected chi connectivity index (χ3v) is 6.51. The number of nitrogens with one attached hydrogen (secondary N) is 1. The van der Waals surface area contributed by atoms with E-state index in [1.165, 1.54) is 0 Å². The molecule has 3 heterocycles. The van der Waals surface area contributed by atoms with Gasteiger partial charge in [0.1, 0.15) is 12.2 Å². The highest BCUT2D eigenvalue weighted by atomic mass is 32.2. The first-order chi connectivity index (χ1) is 13.7. The van der Waals surface area contributed by atoms with E-state index in [2.05, 4.69) is 35.3 Å². The van der Waals surface area contributed by atoms with Gasteiger partial charge in [0.15, 0.2) is 0 Å². The van der Waals surface area contributed by atoms with E-state index in [0.717, 1.165) is 27.3 Å². The van der Waals surface area contributed by atoms with Crippen LogP contribution in [0.15, 0.2) is 6.20 Å². The van der Waals surface area contributed by atoms with Gasteiger partial charge in [-0.3, -0.25) is 0 Å². The van der Waals surface area contributed by atoms with E-state index < -0.39 is 22.2 Å². The number of nitrogens with zero attached hydrogens (tertiary/aromatic N) is 5. The quantitative estimate of drug-likeness (QED) is 0.765. The molecule has 1 aliphatic rings. The number of piperidine rings is 1. The van der Waals surface area contributed by atoms with Crippen molar-refractivity contribution < 1.29 is 12.8 Å². The molecule has 158 valence electrons. The van der Waals surface area contributed by atoms with Crippen molar-refractivity contribution >= 4 is 21.5 Å². The van der Waals surface area contributed by atoms with Crippen molar-refractivity contribution in [3.8, 4) is 6.07 Å². The molecular weight excluding hydrogens is 395 g/mol. The smallest absolute Gasteiger partial charge is 0.241 e. The maximum atomic E-state index is 14.6. The minimum Gasteiger partial charge on any atom is -0.347 e. The Bertz CT molecular complexity index is 1040. The van der Waals surface area contributed by atoms with Gasteiger partial charge in [-0.1, -0.05) is 20.8 Å². The highest BCUT2D eigenvalue weighted by Gasteiger charge is 2.33. The molecule has 10 heteroatoms. The monoisotopic (exact) mass is 422 g/mol. The van der Waals surface area contributed by atoms with Crippen LogP contribution < -0.4 is 5.32 Å². The second-order valence-corrected chi connectivity index (χ2v) is 9.90. The van der Waals surface area contributed by atoms with E-state index in [1.54, 1.807) is 10.7 Å². The molecule has 0 amide bonds. The minimum absolute atomic E-state index is 0.181. The fraction of sp³-hybridized carbons (Fsp3) is 0.632. The minimum atomic E-state index is -3.41. The Kier molecular flexibility index (Phi) is 6.10. The number of nitriles is 1. The number of sulfonamides is 1. The van der Waals surface area contributed by atoms with Gasteiger partial charge in [-0.05, 0) is 30.7 Å². The van der Waals surface area contributed by atoms with Gasteiger partial charge in [0.25, 0.3) is 0 Å². The normalized spacial score (nSPS) is 20.9. The summed E-state index contributed by atoms with van der Waals surface area (Å²) in [7, 11) is -3.41. The molecule has 29 heavy (non-hydrogen) atoms. The number of halogens is 1. The number of aromatic nitrogens is 3. The predicted molar refractivity (Wildman–Crippen MR) is 109 cm³/mol. The molecule has 0 unspecified atom stereocenters. The largest absolute Gasteiger partial charge is 0.347 e. The molecular formula is C19H27FN6O2S. The van der Waals surface area contributed by atoms with E-state index in [1.807, 2.05) is 6.92 Å². The molecule has 1 fully saturated rings. The van der Waals surface area contributed by atoms with Crippen LogP contribution in [0.2, 0.25) is 0 Å². The molecule has 0 aromatic carbocycles. The summed E-state index contributed by atoms with van der Waals surface area (Å²) in [5.41, 5.74) is 3.18. The van der Waals surface area contributed by atoms with E-state index >= 15 is 0 Å². The molecule has 2 aromatic heterocycles. The molecule has 0 aliphatic carbocycles. The summed E-state index contributed by atoms with van der Waals surface area (Å²) < 4.78 is 40.8. The molecule has 0 radical (unpaired) electrons. The van der Waals surface area contributed by atoms with E-state index in [9.17, 15) is 18.1 Å². The maximum absolute atomic E-state index is 14.6. The van der Waals surface area contributed by atoms with Gasteiger partial charge in [0.2, 0.25) is 16.0 Å². The van der Waals surface area contributed by atoms with E-state index in [-0.39, 0.29) is 19.0 Å². The maximum Gasteiger partial charge on any atom is 0.241 e. The van der Waals surface area contributed by atoms with Gasteiger partial charge in [-0.2, -0.15) is 9.57 Å². The number of anilines is 1. The molecule has 8 nitrogen and oxygen atoms in total. The SMILES string of the molecule is CCc1c(C#N)c(CC(C)C)n2nc(N[C@@H]3CCN(S(C)(=O)=O)C[C@H]3F)ncc12. The van der Waals surface area contributed by atoms with Crippen molar-refractivity contribution in [2.24, 2.45) is 5.92 Å². The fourth-order valence-corrected chi connectivity index (χ4v) is 4.66. The van der Waals surface area contributed by atoms with Crippen LogP contribution in [0.25, 0.3) is 5.52 Å². The highest BCUT2D eigenvalue weighted by molar-refractivity contribution is 7.88. The lowest BCUT2D eigenvalue weighted by atomic mass is 10.0. The van der Waals surface area contributed by atoms with Crippen molar-refractivity contribution in [1.29, 1.82) is 5.26 Å². The fourth-order valence-electron chi connectivity index (χ4n) is 3.81. The standard InChI is InChI=1S/C19H27FN6O2S/c1-5-13-14(9-21)17(8-12(2)3)26-18(13)10-22-19(24-26)23-16-6-7-25(11-15(16)20)29(4,27)28/h10,12,15-16H,5-8,11H2,1-4H3,(H,23,24)/t15-,16-/m1/s1. The van der Waals surface area contributed by atoms with Crippen LogP contribution in [-0.2, 0) is 22.9 Å². The molecule has 1 aliphatic heterocycles. The Morgan fingerprint density at radius 1 is 1.45 bits per heavy atom. The topological polar surface area (TPSA) is 103 Å². The van der Waals surface area contributed by atoms with Crippen LogP contribution in [0.1, 0.15) is 44.0 Å². The first-order valence-corrected chi connectivity index (χ1v) is 11.7. The first-order valence-electron chi connectivity index (χ1n) is 9.81. The summed E-state index contributed by atoms with van der Waals surface area (Å²) in [4.78, 5) is 4.33. The second kappa shape index (κ2) is 8.24. The molecule has 0 saturated carbocycles. The summed E-state index contributed by atoms with van der Waals surface area (Å²) in [5, 5.41) is 17.2. The average Bonchev–Trinajstić information content (AvgIpc) is 2.94. The summed E-state index contributed by atoms with van der Waals surface area (Å²) in [6.45, 7) is 6.22. The molecule has 0 bridgehead atoms. The summed E-state index contributed by atoms with van der Waals surface area (Å²) in [6, 6.07) is 1.73. The Labute approximate surface area is 170 Å². The zero-order chi connectivity index (χ0) is 21.3. The van der Waals surface area contributed by atoms with Crippen LogP contribution in [0.5, 0.6) is 0 Å². The van der Waals surface area contributed by atoms with E-state index in [0.29, 0.717) is 30.7 Å². The number of rotatable bonds is 6. The van der Waals surface area contributed by atoms with Gasteiger partial charge in [0, 0.05) is 13.1 Å². The van der Waals surface area contributed by atoms with Gasteiger partial charge in [-0.15, -0.1) is 5.10 Å². The summed E-state index contributed by atoms with van der Waals surface area (Å²) in [6.07, 6.45) is 3.10. The second-order valence-electron chi connectivity index (χ2n) is 7.92. The van der Waals surface area contributed by atoms with Gasteiger partial charge in [0.05, 0.1) is 35.3 Å². The number of fused-ring (bicyclic) bond motifs is 1. The number of alkyl halides is 1. The van der Waals surface area contributed by atoms with Crippen LogP contribution in [0, 0.1) is 17.2 Å². The number of hydrogen-bond acceptors (Lipinski definition) is 6. The van der Waals surface area contributed by atoms with Gasteiger partial charge >= 0.3 is 0 Å². The summed E-state index contributed by atoms with van der Waals surface area (Å²) >= 11 is 0. The molecule has 2 atom stereocenters. The Morgan fingerprint density at radius 2 is 2.17 bits per heavy atom. The first kappa shape index (κ1) is 21.5. The predicted octanol–water partition coefficient (Wildman–Crippen LogP) is 2.15. The van der Waals surface area contributed by atoms with Crippen molar-refractivity contribution in [2.45, 2.75) is 52.2 Å². The van der Waals surface area contributed by atoms with Gasteiger partial charge in [-0.25, -0.2) is 22.3 Å². The zero-order valence-corrected chi connectivity index (χ0v) is 18.0.